The quantitative estimate of drug-likeness (QED) is 0.324. The number of nitrogens with zero attached hydrogens (tertiary/aromatic N) is 2. The maximum Gasteiger partial charge on any atom is 0.345 e. The van der Waals surface area contributed by atoms with E-state index in [0.717, 1.165) is 9.86 Å². The van der Waals surface area contributed by atoms with E-state index in [1.165, 1.54) is 0 Å². The molecule has 7 heteroatoms. The SMILES string of the molecule is CCOc1nc(-c2cc3cc(Br)ccc3oc2=O)cc(-c2ccccc2Cl)c1C#N. The fourth-order valence-corrected chi connectivity index (χ4v) is 3.79. The Hall–Kier alpha value is -3.14. The zero-order valence-corrected chi connectivity index (χ0v) is 18.1. The summed E-state index contributed by atoms with van der Waals surface area (Å²) in [6.07, 6.45) is 0. The summed E-state index contributed by atoms with van der Waals surface area (Å²) in [5.74, 6) is 0.140. The molecule has 2 aromatic carbocycles. The number of benzene rings is 2. The summed E-state index contributed by atoms with van der Waals surface area (Å²) in [5, 5.41) is 11.0. The highest BCUT2D eigenvalue weighted by Crippen LogP contribution is 2.36. The smallest absolute Gasteiger partial charge is 0.345 e. The second-order valence-corrected chi connectivity index (χ2v) is 7.71. The summed E-state index contributed by atoms with van der Waals surface area (Å²) in [5.41, 5.74) is 1.97. The normalized spacial score (nSPS) is 10.7. The molecular formula is C23H14BrClN2O3. The fraction of sp³-hybridized carbons (Fsp3) is 0.0870. The number of fused-ring (bicyclic) bond motifs is 1. The summed E-state index contributed by atoms with van der Waals surface area (Å²) in [7, 11) is 0. The number of halogens is 2. The van der Waals surface area contributed by atoms with Gasteiger partial charge >= 0.3 is 5.63 Å². The van der Waals surface area contributed by atoms with Crippen LogP contribution in [0.25, 0.3) is 33.4 Å². The minimum absolute atomic E-state index is 0.140. The van der Waals surface area contributed by atoms with Gasteiger partial charge in [-0.05, 0) is 43.3 Å². The van der Waals surface area contributed by atoms with Crippen molar-refractivity contribution in [2.75, 3.05) is 6.61 Å². The molecule has 30 heavy (non-hydrogen) atoms. The Morgan fingerprint density at radius 2 is 1.93 bits per heavy atom. The highest BCUT2D eigenvalue weighted by molar-refractivity contribution is 9.10. The molecule has 0 aliphatic rings. The Labute approximate surface area is 185 Å². The molecule has 0 aliphatic carbocycles. The van der Waals surface area contributed by atoms with Crippen LogP contribution in [0.15, 0.2) is 68.3 Å². The van der Waals surface area contributed by atoms with E-state index in [1.54, 1.807) is 49.4 Å². The van der Waals surface area contributed by atoms with Crippen LogP contribution >= 0.6 is 27.5 Å². The van der Waals surface area contributed by atoms with Crippen LogP contribution in [0.4, 0.5) is 0 Å². The molecule has 0 fully saturated rings. The van der Waals surface area contributed by atoms with Crippen molar-refractivity contribution in [2.45, 2.75) is 6.92 Å². The van der Waals surface area contributed by atoms with Crippen molar-refractivity contribution >= 4 is 38.5 Å². The molecule has 4 rings (SSSR count). The van der Waals surface area contributed by atoms with Crippen molar-refractivity contribution in [3.63, 3.8) is 0 Å². The molecule has 0 atom stereocenters. The zero-order chi connectivity index (χ0) is 21.3. The molecule has 0 saturated heterocycles. The highest BCUT2D eigenvalue weighted by atomic mass is 79.9. The van der Waals surface area contributed by atoms with Gasteiger partial charge in [-0.15, -0.1) is 0 Å². The molecule has 0 spiro atoms. The van der Waals surface area contributed by atoms with Gasteiger partial charge in [0.25, 0.3) is 0 Å². The maximum absolute atomic E-state index is 12.7. The zero-order valence-electron chi connectivity index (χ0n) is 15.8. The Bertz CT molecular complexity index is 1380. The van der Waals surface area contributed by atoms with Gasteiger partial charge in [0.05, 0.1) is 17.9 Å². The molecule has 4 aromatic rings. The van der Waals surface area contributed by atoms with Gasteiger partial charge in [-0.3, -0.25) is 0 Å². The van der Waals surface area contributed by atoms with Crippen LogP contribution < -0.4 is 10.4 Å². The number of hydrogen-bond acceptors (Lipinski definition) is 5. The second-order valence-electron chi connectivity index (χ2n) is 6.39. The van der Waals surface area contributed by atoms with Gasteiger partial charge in [-0.2, -0.15) is 5.26 Å². The van der Waals surface area contributed by atoms with Crippen molar-refractivity contribution < 1.29 is 9.15 Å². The topological polar surface area (TPSA) is 76.1 Å². The molecule has 0 saturated carbocycles. The van der Waals surface area contributed by atoms with Gasteiger partial charge in [-0.1, -0.05) is 45.7 Å². The van der Waals surface area contributed by atoms with Gasteiger partial charge < -0.3 is 9.15 Å². The average molecular weight is 482 g/mol. The van der Waals surface area contributed by atoms with Crippen LogP contribution in [-0.2, 0) is 0 Å². The predicted molar refractivity (Wildman–Crippen MR) is 120 cm³/mol. The first-order chi connectivity index (χ1) is 14.5. The van der Waals surface area contributed by atoms with E-state index >= 15 is 0 Å². The van der Waals surface area contributed by atoms with Gasteiger partial charge in [0.2, 0.25) is 5.88 Å². The van der Waals surface area contributed by atoms with Crippen molar-refractivity contribution in [1.82, 2.24) is 4.98 Å². The van der Waals surface area contributed by atoms with Crippen LogP contribution in [0.5, 0.6) is 5.88 Å². The summed E-state index contributed by atoms with van der Waals surface area (Å²) >= 11 is 9.81. The van der Waals surface area contributed by atoms with E-state index in [2.05, 4.69) is 27.0 Å². The third-order valence-electron chi connectivity index (χ3n) is 4.51. The standard InChI is InChI=1S/C23H14BrClN2O3/c1-2-29-22-18(12-26)16(15-5-3-4-6-19(15)25)11-20(27-22)17-10-13-9-14(24)7-8-21(13)30-23(17)28/h3-11H,2H2,1H3. The first-order valence-corrected chi connectivity index (χ1v) is 10.3. The molecule has 0 unspecified atom stereocenters. The molecule has 2 heterocycles. The lowest BCUT2D eigenvalue weighted by Crippen LogP contribution is -2.07. The molecule has 0 aliphatic heterocycles. The Kier molecular flexibility index (Phi) is 5.58. The van der Waals surface area contributed by atoms with Crippen LogP contribution in [0.2, 0.25) is 5.02 Å². The predicted octanol–water partition coefficient (Wildman–Crippen LogP) is 6.21. The lowest BCUT2D eigenvalue weighted by molar-refractivity contribution is 0.326. The van der Waals surface area contributed by atoms with Gasteiger partial charge in [0.1, 0.15) is 17.2 Å². The first kappa shape index (κ1) is 20.1. The van der Waals surface area contributed by atoms with Crippen LogP contribution in [0, 0.1) is 11.3 Å². The molecular weight excluding hydrogens is 468 g/mol. The molecule has 148 valence electrons. The largest absolute Gasteiger partial charge is 0.477 e. The van der Waals surface area contributed by atoms with Gasteiger partial charge in [-0.25, -0.2) is 9.78 Å². The summed E-state index contributed by atoms with van der Waals surface area (Å²) < 4.78 is 12.0. The third-order valence-corrected chi connectivity index (χ3v) is 5.34. The molecule has 0 amide bonds. The van der Waals surface area contributed by atoms with Crippen molar-refractivity contribution in [3.8, 4) is 34.3 Å². The molecule has 5 nitrogen and oxygen atoms in total. The van der Waals surface area contributed by atoms with Gasteiger partial charge in [0, 0.05) is 26.0 Å². The number of nitriles is 1. The number of pyridine rings is 1. The van der Waals surface area contributed by atoms with E-state index < -0.39 is 5.63 Å². The summed E-state index contributed by atoms with van der Waals surface area (Å²) in [6, 6.07) is 18.1. The second kappa shape index (κ2) is 8.31. The lowest BCUT2D eigenvalue weighted by Gasteiger charge is -2.13. The van der Waals surface area contributed by atoms with Crippen LogP contribution in [0.1, 0.15) is 12.5 Å². The van der Waals surface area contributed by atoms with E-state index in [9.17, 15) is 10.1 Å². The Balaban J connectivity index is 2.03. The maximum atomic E-state index is 12.7. The minimum atomic E-state index is -0.533. The lowest BCUT2D eigenvalue weighted by atomic mass is 9.99. The van der Waals surface area contributed by atoms with Crippen molar-refractivity contribution in [3.05, 3.63) is 80.1 Å². The Morgan fingerprint density at radius 1 is 1.13 bits per heavy atom. The molecule has 2 aromatic heterocycles. The highest BCUT2D eigenvalue weighted by Gasteiger charge is 2.20. The minimum Gasteiger partial charge on any atom is -0.477 e. The number of hydrogen-bond donors (Lipinski definition) is 0. The Morgan fingerprint density at radius 3 is 2.67 bits per heavy atom. The van der Waals surface area contributed by atoms with E-state index in [0.29, 0.717) is 34.0 Å². The van der Waals surface area contributed by atoms with Crippen molar-refractivity contribution in [1.29, 1.82) is 5.26 Å². The monoisotopic (exact) mass is 480 g/mol. The van der Waals surface area contributed by atoms with E-state index in [1.807, 2.05) is 12.1 Å². The van der Waals surface area contributed by atoms with Crippen molar-refractivity contribution in [2.24, 2.45) is 0 Å². The van der Waals surface area contributed by atoms with Gasteiger partial charge in [0.15, 0.2) is 0 Å². The van der Waals surface area contributed by atoms with Crippen LogP contribution in [0.3, 0.4) is 0 Å². The first-order valence-electron chi connectivity index (χ1n) is 9.08. The number of ether oxygens (including phenoxy) is 1. The number of rotatable bonds is 4. The average Bonchev–Trinajstić information content (AvgIpc) is 2.73. The van der Waals surface area contributed by atoms with Crippen LogP contribution in [-0.4, -0.2) is 11.6 Å². The summed E-state index contributed by atoms with van der Waals surface area (Å²) in [4.78, 5) is 17.2. The third kappa shape index (κ3) is 3.70. The van der Waals surface area contributed by atoms with E-state index in [-0.39, 0.29) is 17.0 Å². The number of aromatic nitrogens is 1. The molecule has 0 bridgehead atoms. The van der Waals surface area contributed by atoms with E-state index in [4.69, 9.17) is 20.8 Å². The fourth-order valence-electron chi connectivity index (χ4n) is 3.17. The molecule has 0 radical (unpaired) electrons. The molecule has 0 N–H and O–H groups in total. The summed E-state index contributed by atoms with van der Waals surface area (Å²) in [6.45, 7) is 2.11.